The molecule has 0 bridgehead atoms. The lowest BCUT2D eigenvalue weighted by molar-refractivity contribution is -0.122. The molecule has 5 aromatic rings. The normalized spacial score (nSPS) is 11.0. The largest absolute Gasteiger partial charge is 0.493 e. The van der Waals surface area contributed by atoms with Gasteiger partial charge >= 0.3 is 0 Å². The topological polar surface area (TPSA) is 112 Å². The summed E-state index contributed by atoms with van der Waals surface area (Å²) in [5, 5.41) is 18.6. The van der Waals surface area contributed by atoms with Crippen molar-refractivity contribution in [2.75, 3.05) is 17.7 Å². The summed E-state index contributed by atoms with van der Waals surface area (Å²) < 4.78 is 11.9. The molecule has 0 aliphatic heterocycles. The van der Waals surface area contributed by atoms with Gasteiger partial charge in [0.15, 0.2) is 11.5 Å². The highest BCUT2D eigenvalue weighted by Crippen LogP contribution is 2.38. The molecule has 5 aromatic carbocycles. The molecule has 45 heavy (non-hydrogen) atoms. The summed E-state index contributed by atoms with van der Waals surface area (Å²) in [5.74, 6) is 0.104. The minimum Gasteiger partial charge on any atom is -0.493 e. The molecule has 0 aliphatic carbocycles. The van der Waals surface area contributed by atoms with Gasteiger partial charge in [-0.2, -0.15) is 5.26 Å². The molecule has 0 saturated heterocycles. The van der Waals surface area contributed by atoms with Gasteiger partial charge in [-0.05, 0) is 53.6 Å². The molecular formula is C37H32N4O4. The maximum atomic E-state index is 13.9. The molecule has 0 aromatic heterocycles. The van der Waals surface area contributed by atoms with E-state index in [0.29, 0.717) is 46.1 Å². The van der Waals surface area contributed by atoms with E-state index in [0.717, 1.165) is 11.1 Å². The third-order valence-electron chi connectivity index (χ3n) is 7.06. The van der Waals surface area contributed by atoms with Gasteiger partial charge in [-0.1, -0.05) is 78.9 Å². The lowest BCUT2D eigenvalue weighted by atomic mass is 10.0. The standard InChI is InChI=1S/C37H32N4O4/c1-44-33-21-31(35(40-30-19-17-26(23-38)18-20-30)37(43)39-24-27-11-5-2-6-12-27)32(41-36(42)29-15-9-4-10-16-29)22-34(33)45-25-28-13-7-3-8-14-28/h2-22,35,40H,24-25H2,1H3,(H,39,43)(H,41,42). The van der Waals surface area contributed by atoms with Crippen molar-refractivity contribution in [1.82, 2.24) is 5.32 Å². The number of nitrogens with zero attached hydrogens (tertiary/aromatic N) is 1. The SMILES string of the molecule is COc1cc(C(Nc2ccc(C#N)cc2)C(=O)NCc2ccccc2)c(NC(=O)c2ccccc2)cc1OCc1ccccc1. The summed E-state index contributed by atoms with van der Waals surface area (Å²) >= 11 is 0. The van der Waals surface area contributed by atoms with Crippen LogP contribution in [0.2, 0.25) is 0 Å². The van der Waals surface area contributed by atoms with E-state index in [4.69, 9.17) is 9.47 Å². The van der Waals surface area contributed by atoms with E-state index in [-0.39, 0.29) is 18.4 Å². The number of anilines is 2. The first-order chi connectivity index (χ1) is 22.0. The lowest BCUT2D eigenvalue weighted by Crippen LogP contribution is -2.34. The van der Waals surface area contributed by atoms with Crippen molar-refractivity contribution < 1.29 is 19.1 Å². The monoisotopic (exact) mass is 596 g/mol. The summed E-state index contributed by atoms with van der Waals surface area (Å²) in [6.07, 6.45) is 0. The van der Waals surface area contributed by atoms with Crippen LogP contribution in [0.3, 0.4) is 0 Å². The Morgan fingerprint density at radius 1 is 0.778 bits per heavy atom. The number of carbonyl (C=O) groups excluding carboxylic acids is 2. The van der Waals surface area contributed by atoms with Crippen LogP contribution in [0, 0.1) is 11.3 Å². The fraction of sp³-hybridized carbons (Fsp3) is 0.108. The van der Waals surface area contributed by atoms with E-state index in [2.05, 4.69) is 22.0 Å². The van der Waals surface area contributed by atoms with Crippen molar-refractivity contribution >= 4 is 23.2 Å². The van der Waals surface area contributed by atoms with Gasteiger partial charge in [0.2, 0.25) is 5.91 Å². The molecule has 1 atom stereocenters. The number of nitrogens with one attached hydrogen (secondary N) is 3. The van der Waals surface area contributed by atoms with E-state index < -0.39 is 6.04 Å². The van der Waals surface area contributed by atoms with Crippen LogP contribution < -0.4 is 25.4 Å². The number of ether oxygens (including phenoxy) is 2. The zero-order chi connectivity index (χ0) is 31.4. The van der Waals surface area contributed by atoms with Crippen LogP contribution in [0.25, 0.3) is 0 Å². The number of hydrogen-bond donors (Lipinski definition) is 3. The third kappa shape index (κ3) is 8.06. The highest BCUT2D eigenvalue weighted by molar-refractivity contribution is 6.05. The zero-order valence-electron chi connectivity index (χ0n) is 24.7. The molecule has 0 spiro atoms. The Balaban J connectivity index is 1.55. The molecule has 0 aliphatic rings. The molecule has 0 saturated carbocycles. The average Bonchev–Trinajstić information content (AvgIpc) is 3.10. The Morgan fingerprint density at radius 2 is 1.40 bits per heavy atom. The van der Waals surface area contributed by atoms with Crippen LogP contribution in [0.1, 0.15) is 38.7 Å². The van der Waals surface area contributed by atoms with E-state index in [1.54, 1.807) is 60.7 Å². The molecular weight excluding hydrogens is 564 g/mol. The highest BCUT2D eigenvalue weighted by Gasteiger charge is 2.27. The van der Waals surface area contributed by atoms with Crippen molar-refractivity contribution in [2.24, 2.45) is 0 Å². The summed E-state index contributed by atoms with van der Waals surface area (Å²) in [5.41, 5.74) is 4.27. The summed E-state index contributed by atoms with van der Waals surface area (Å²) in [4.78, 5) is 27.3. The van der Waals surface area contributed by atoms with Crippen LogP contribution in [0.4, 0.5) is 11.4 Å². The van der Waals surface area contributed by atoms with Crippen molar-refractivity contribution in [1.29, 1.82) is 5.26 Å². The number of hydrogen-bond acceptors (Lipinski definition) is 6. The van der Waals surface area contributed by atoms with E-state index in [1.165, 1.54) is 7.11 Å². The fourth-order valence-electron chi connectivity index (χ4n) is 4.69. The fourth-order valence-corrected chi connectivity index (χ4v) is 4.69. The van der Waals surface area contributed by atoms with Gasteiger partial charge in [-0.15, -0.1) is 0 Å². The smallest absolute Gasteiger partial charge is 0.255 e. The molecule has 5 rings (SSSR count). The third-order valence-corrected chi connectivity index (χ3v) is 7.06. The summed E-state index contributed by atoms with van der Waals surface area (Å²) in [7, 11) is 1.52. The molecule has 3 N–H and O–H groups in total. The Hall–Kier alpha value is -6.07. The molecule has 0 fully saturated rings. The van der Waals surface area contributed by atoms with Crippen LogP contribution in [0.15, 0.2) is 127 Å². The first-order valence-corrected chi connectivity index (χ1v) is 14.4. The molecule has 8 heteroatoms. The predicted molar refractivity (Wildman–Crippen MR) is 174 cm³/mol. The first kappa shape index (κ1) is 30.4. The summed E-state index contributed by atoms with van der Waals surface area (Å²) in [6.45, 7) is 0.569. The minimum absolute atomic E-state index is 0.271. The second-order valence-corrected chi connectivity index (χ2v) is 10.2. The second-order valence-electron chi connectivity index (χ2n) is 10.2. The predicted octanol–water partition coefficient (Wildman–Crippen LogP) is 6.87. The summed E-state index contributed by atoms with van der Waals surface area (Å²) in [6, 6.07) is 39.4. The highest BCUT2D eigenvalue weighted by atomic mass is 16.5. The van der Waals surface area contributed by atoms with E-state index in [9.17, 15) is 14.9 Å². The van der Waals surface area contributed by atoms with Crippen molar-refractivity contribution in [3.63, 3.8) is 0 Å². The van der Waals surface area contributed by atoms with Crippen molar-refractivity contribution in [3.05, 3.63) is 155 Å². The van der Waals surface area contributed by atoms with Crippen molar-refractivity contribution in [2.45, 2.75) is 19.2 Å². The van der Waals surface area contributed by atoms with E-state index in [1.807, 2.05) is 66.7 Å². The Labute approximate surface area is 262 Å². The molecule has 0 radical (unpaired) electrons. The number of carbonyl (C=O) groups is 2. The maximum absolute atomic E-state index is 13.9. The van der Waals surface area contributed by atoms with Gasteiger partial charge in [0.05, 0.1) is 24.4 Å². The van der Waals surface area contributed by atoms with Crippen LogP contribution in [-0.4, -0.2) is 18.9 Å². The van der Waals surface area contributed by atoms with Gasteiger partial charge in [-0.25, -0.2) is 0 Å². The van der Waals surface area contributed by atoms with Gasteiger partial charge in [-0.3, -0.25) is 9.59 Å². The van der Waals surface area contributed by atoms with Gasteiger partial charge in [0.1, 0.15) is 12.6 Å². The van der Waals surface area contributed by atoms with E-state index >= 15 is 0 Å². The Kier molecular flexibility index (Phi) is 10.1. The zero-order valence-corrected chi connectivity index (χ0v) is 24.7. The molecule has 224 valence electrons. The van der Waals surface area contributed by atoms with Crippen LogP contribution in [-0.2, 0) is 17.9 Å². The number of methoxy groups -OCH3 is 1. The number of rotatable bonds is 12. The molecule has 8 nitrogen and oxygen atoms in total. The average molecular weight is 597 g/mol. The van der Waals surface area contributed by atoms with Gasteiger partial charge < -0.3 is 25.4 Å². The lowest BCUT2D eigenvalue weighted by Gasteiger charge is -2.24. The number of nitriles is 1. The quantitative estimate of drug-likeness (QED) is 0.145. The van der Waals surface area contributed by atoms with Crippen LogP contribution in [0.5, 0.6) is 11.5 Å². The Morgan fingerprint density at radius 3 is 2.02 bits per heavy atom. The van der Waals surface area contributed by atoms with Gasteiger partial charge in [0, 0.05) is 29.4 Å². The second kappa shape index (κ2) is 14.9. The Bertz CT molecular complexity index is 1770. The number of benzene rings is 5. The molecule has 2 amide bonds. The minimum atomic E-state index is -0.968. The number of amides is 2. The molecule has 1 unspecified atom stereocenters. The van der Waals surface area contributed by atoms with Gasteiger partial charge in [0.25, 0.3) is 5.91 Å². The van der Waals surface area contributed by atoms with Crippen LogP contribution >= 0.6 is 0 Å². The first-order valence-electron chi connectivity index (χ1n) is 14.4. The van der Waals surface area contributed by atoms with Crippen molar-refractivity contribution in [3.8, 4) is 17.6 Å². The molecule has 0 heterocycles. The maximum Gasteiger partial charge on any atom is 0.255 e.